The number of fused-ring (bicyclic) bond motifs is 1. The van der Waals surface area contributed by atoms with Crippen molar-refractivity contribution >= 4 is 6.08 Å². The van der Waals surface area contributed by atoms with Gasteiger partial charge in [0.05, 0.1) is 0 Å². The van der Waals surface area contributed by atoms with Crippen molar-refractivity contribution < 1.29 is 21.4 Å². The molecule has 91 valence electrons. The molecule has 0 aromatic heterocycles. The summed E-state index contributed by atoms with van der Waals surface area (Å²) in [6.45, 7) is 7.12. The molecule has 0 aliphatic heterocycles. The van der Waals surface area contributed by atoms with E-state index in [2.05, 4.69) is 66.5 Å². The Morgan fingerprint density at radius 3 is 2.35 bits per heavy atom. The first-order chi connectivity index (χ1) is 7.85. The zero-order valence-electron chi connectivity index (χ0n) is 11.7. The molecular weight excluding hydrogens is 371 g/mol. The SMILES string of the molecule is [CH3][Hf]([CH3])[C]1(CC(C)(C)C)C=Cc2ccccc21. The first-order valence-corrected chi connectivity index (χ1v) is 15.4. The first-order valence-electron chi connectivity index (χ1n) is 6.45. The average Bonchev–Trinajstić information content (AvgIpc) is 2.57. The zero-order valence-corrected chi connectivity index (χ0v) is 15.3. The molecule has 1 aliphatic rings. The maximum atomic E-state index is 2.56. The summed E-state index contributed by atoms with van der Waals surface area (Å²) in [7, 11) is 0. The van der Waals surface area contributed by atoms with Crippen LogP contribution in [0.5, 0.6) is 0 Å². The predicted molar refractivity (Wildman–Crippen MR) is 73.0 cm³/mol. The van der Waals surface area contributed by atoms with Crippen LogP contribution < -0.4 is 0 Å². The van der Waals surface area contributed by atoms with Crippen LogP contribution >= 0.6 is 0 Å². The first kappa shape index (κ1) is 13.3. The van der Waals surface area contributed by atoms with Crippen LogP contribution in [0.25, 0.3) is 6.08 Å². The van der Waals surface area contributed by atoms with Crippen LogP contribution in [0.3, 0.4) is 0 Å². The number of rotatable bonds is 2. The molecule has 1 heteroatoms. The summed E-state index contributed by atoms with van der Waals surface area (Å²) >= 11 is -1.54. The van der Waals surface area contributed by atoms with E-state index in [0.29, 0.717) is 8.59 Å². The Morgan fingerprint density at radius 2 is 1.76 bits per heavy atom. The van der Waals surface area contributed by atoms with Gasteiger partial charge in [0, 0.05) is 0 Å². The molecule has 2 rings (SSSR count). The van der Waals surface area contributed by atoms with Crippen molar-refractivity contribution in [1.29, 1.82) is 0 Å². The van der Waals surface area contributed by atoms with Crippen LogP contribution in [-0.4, -0.2) is 0 Å². The molecule has 0 spiro atoms. The van der Waals surface area contributed by atoms with Crippen LogP contribution in [0.15, 0.2) is 30.3 Å². The van der Waals surface area contributed by atoms with E-state index in [1.807, 2.05) is 0 Å². The molecule has 1 aliphatic carbocycles. The van der Waals surface area contributed by atoms with Crippen LogP contribution in [0.1, 0.15) is 38.3 Å². The fourth-order valence-corrected chi connectivity index (χ4v) is 10.4. The van der Waals surface area contributed by atoms with Crippen molar-refractivity contribution in [3.63, 3.8) is 0 Å². The fraction of sp³-hybridized carbons (Fsp3) is 0.500. The van der Waals surface area contributed by atoms with Crippen molar-refractivity contribution in [2.24, 2.45) is 5.41 Å². The molecule has 0 amide bonds. The summed E-state index contributed by atoms with van der Waals surface area (Å²) in [6, 6.07) is 8.99. The Labute approximate surface area is 114 Å². The molecule has 0 bridgehead atoms. The molecule has 0 N–H and O–H groups in total. The number of hydrogen-bond acceptors (Lipinski definition) is 0. The molecule has 1 aromatic carbocycles. The Morgan fingerprint density at radius 1 is 1.12 bits per heavy atom. The van der Waals surface area contributed by atoms with Gasteiger partial charge in [0.1, 0.15) is 0 Å². The molecule has 0 heterocycles. The summed E-state index contributed by atoms with van der Waals surface area (Å²) in [5, 5.41) is 0. The summed E-state index contributed by atoms with van der Waals surface area (Å²) in [4.78, 5) is 0. The molecular formula is C16H23Hf. The second-order valence-corrected chi connectivity index (χ2v) is 17.0. The van der Waals surface area contributed by atoms with Gasteiger partial charge in [-0.3, -0.25) is 0 Å². The van der Waals surface area contributed by atoms with E-state index in [1.54, 1.807) is 5.56 Å². The minimum absolute atomic E-state index is 0.406. The molecule has 1 aromatic rings. The number of allylic oxidation sites excluding steroid dienone is 1. The third kappa shape index (κ3) is 2.50. The van der Waals surface area contributed by atoms with Crippen molar-refractivity contribution in [1.82, 2.24) is 0 Å². The fourth-order valence-electron chi connectivity index (χ4n) is 2.97. The summed E-state index contributed by atoms with van der Waals surface area (Å²) in [5.41, 5.74) is 3.48. The second kappa shape index (κ2) is 4.50. The van der Waals surface area contributed by atoms with Gasteiger partial charge in [-0.2, -0.15) is 0 Å². The Hall–Kier alpha value is -0.170. The third-order valence-corrected chi connectivity index (χ3v) is 12.3. The van der Waals surface area contributed by atoms with Gasteiger partial charge in [0.15, 0.2) is 0 Å². The van der Waals surface area contributed by atoms with E-state index in [-0.39, 0.29) is 0 Å². The standard InChI is InChI=1S/C14H17.2CH3.Hf/c1-14(2,3)10-12-9-8-11-6-4-5-7-13(11)12;;;/h4-9H,10H2,1-3H3;2*1H3;. The Balaban J connectivity index is 2.49. The average molecular weight is 394 g/mol. The van der Waals surface area contributed by atoms with Crippen LogP contribution in [0.4, 0.5) is 0 Å². The van der Waals surface area contributed by atoms with Crippen LogP contribution in [0, 0.1) is 5.41 Å². The summed E-state index contributed by atoms with van der Waals surface area (Å²) in [5.74, 6) is 0. The molecule has 1 atom stereocenters. The number of benzene rings is 1. The van der Waals surface area contributed by atoms with Crippen LogP contribution in [0.2, 0.25) is 9.36 Å². The predicted octanol–water partition coefficient (Wildman–Crippen LogP) is 5.06. The maximum absolute atomic E-state index is 2.56. The second-order valence-electron chi connectivity index (χ2n) is 6.63. The molecule has 0 nitrogen and oxygen atoms in total. The van der Waals surface area contributed by atoms with E-state index in [9.17, 15) is 0 Å². The minimum atomic E-state index is -1.54. The molecule has 0 radical (unpaired) electrons. The van der Waals surface area contributed by atoms with E-state index in [1.165, 1.54) is 12.0 Å². The van der Waals surface area contributed by atoms with Crippen molar-refractivity contribution in [3.8, 4) is 0 Å². The number of hydrogen-bond donors (Lipinski definition) is 0. The third-order valence-electron chi connectivity index (χ3n) is 3.69. The van der Waals surface area contributed by atoms with Gasteiger partial charge in [-0.25, -0.2) is 0 Å². The Kier molecular flexibility index (Phi) is 3.51. The van der Waals surface area contributed by atoms with Gasteiger partial charge in [-0.15, -0.1) is 0 Å². The normalized spacial score (nSPS) is 22.6. The van der Waals surface area contributed by atoms with Gasteiger partial charge in [0.2, 0.25) is 0 Å². The van der Waals surface area contributed by atoms with Gasteiger partial charge in [-0.1, -0.05) is 0 Å². The zero-order chi connectivity index (χ0) is 12.7. The quantitative estimate of drug-likeness (QED) is 0.616. The van der Waals surface area contributed by atoms with E-state index in [4.69, 9.17) is 0 Å². The Bertz CT molecular complexity index is 437. The van der Waals surface area contributed by atoms with Crippen molar-refractivity contribution in [2.45, 2.75) is 39.7 Å². The van der Waals surface area contributed by atoms with E-state index >= 15 is 0 Å². The van der Waals surface area contributed by atoms with E-state index in [0.717, 1.165) is 0 Å². The van der Waals surface area contributed by atoms with Gasteiger partial charge < -0.3 is 0 Å². The monoisotopic (exact) mass is 395 g/mol. The molecule has 0 saturated heterocycles. The molecule has 0 saturated carbocycles. The molecule has 0 fully saturated rings. The molecule has 17 heavy (non-hydrogen) atoms. The van der Waals surface area contributed by atoms with Crippen LogP contribution in [-0.2, 0) is 24.6 Å². The van der Waals surface area contributed by atoms with Gasteiger partial charge in [-0.05, 0) is 0 Å². The summed E-state index contributed by atoms with van der Waals surface area (Å²) in [6.07, 6.45) is 6.20. The van der Waals surface area contributed by atoms with Gasteiger partial charge >= 0.3 is 114 Å². The van der Waals surface area contributed by atoms with E-state index < -0.39 is 21.4 Å². The van der Waals surface area contributed by atoms with Gasteiger partial charge in [0.25, 0.3) is 0 Å². The topological polar surface area (TPSA) is 0 Å². The molecule has 1 unspecified atom stereocenters. The van der Waals surface area contributed by atoms with Crippen molar-refractivity contribution in [2.75, 3.05) is 0 Å². The van der Waals surface area contributed by atoms with Crippen molar-refractivity contribution in [3.05, 3.63) is 41.5 Å². The summed E-state index contributed by atoms with van der Waals surface area (Å²) < 4.78 is 5.56.